The van der Waals surface area contributed by atoms with Crippen molar-refractivity contribution < 1.29 is 18.0 Å². The van der Waals surface area contributed by atoms with Gasteiger partial charge < -0.3 is 9.88 Å². The van der Waals surface area contributed by atoms with Crippen LogP contribution in [-0.4, -0.2) is 10.5 Å². The third kappa shape index (κ3) is 4.93. The molecular weight excluding hydrogens is 353 g/mol. The van der Waals surface area contributed by atoms with Crippen LogP contribution < -0.4 is 5.32 Å². The number of nitrogens with zero attached hydrogens (tertiary/aromatic N) is 1. The first-order valence-electron chi connectivity index (χ1n) is 9.14. The summed E-state index contributed by atoms with van der Waals surface area (Å²) < 4.78 is 40.8. The van der Waals surface area contributed by atoms with Gasteiger partial charge in [-0.2, -0.15) is 13.2 Å². The molecule has 0 aliphatic carbocycles. The van der Waals surface area contributed by atoms with E-state index in [0.29, 0.717) is 5.56 Å². The Morgan fingerprint density at radius 3 is 2.37 bits per heavy atom. The number of hydrogen-bond acceptors (Lipinski definition) is 1. The van der Waals surface area contributed by atoms with E-state index < -0.39 is 17.6 Å². The van der Waals surface area contributed by atoms with Gasteiger partial charge in [-0.3, -0.25) is 4.79 Å². The van der Waals surface area contributed by atoms with Crippen LogP contribution in [0.15, 0.2) is 30.3 Å². The second-order valence-electron chi connectivity index (χ2n) is 7.82. The Kier molecular flexibility index (Phi) is 6.07. The molecule has 0 fully saturated rings. The Bertz CT molecular complexity index is 814. The maximum Gasteiger partial charge on any atom is 0.416 e. The van der Waals surface area contributed by atoms with E-state index in [1.54, 1.807) is 0 Å². The Labute approximate surface area is 158 Å². The van der Waals surface area contributed by atoms with E-state index in [9.17, 15) is 18.0 Å². The largest absolute Gasteiger partial charge is 0.416 e. The van der Waals surface area contributed by atoms with Crippen LogP contribution in [0.5, 0.6) is 0 Å². The first-order chi connectivity index (χ1) is 12.4. The minimum Gasteiger partial charge on any atom is -0.348 e. The van der Waals surface area contributed by atoms with Gasteiger partial charge in [0.1, 0.15) is 0 Å². The maximum atomic E-state index is 12.9. The van der Waals surface area contributed by atoms with E-state index in [0.717, 1.165) is 42.9 Å². The van der Waals surface area contributed by atoms with E-state index in [-0.39, 0.29) is 11.1 Å². The zero-order valence-electron chi connectivity index (χ0n) is 16.5. The van der Waals surface area contributed by atoms with Crippen LogP contribution in [0, 0.1) is 6.92 Å². The van der Waals surface area contributed by atoms with Crippen molar-refractivity contribution in [3.8, 4) is 0 Å². The molecule has 1 aromatic heterocycles. The summed E-state index contributed by atoms with van der Waals surface area (Å²) in [5.41, 5.74) is 1.57. The maximum absolute atomic E-state index is 12.9. The summed E-state index contributed by atoms with van der Waals surface area (Å²) in [6.07, 6.45) is -2.42. The number of carbonyl (C=O) groups excluding carboxylic acids is 1. The lowest BCUT2D eigenvalue weighted by molar-refractivity contribution is -0.137. The van der Waals surface area contributed by atoms with Gasteiger partial charge in [0.15, 0.2) is 0 Å². The topological polar surface area (TPSA) is 34.0 Å². The molecule has 0 spiro atoms. The third-order valence-electron chi connectivity index (χ3n) is 4.56. The van der Waals surface area contributed by atoms with Crippen molar-refractivity contribution in [3.05, 3.63) is 52.8 Å². The van der Waals surface area contributed by atoms with Crippen LogP contribution in [0.1, 0.15) is 67.8 Å². The molecule has 3 nitrogen and oxygen atoms in total. The number of benzene rings is 1. The first kappa shape index (κ1) is 21.1. The quantitative estimate of drug-likeness (QED) is 0.662. The van der Waals surface area contributed by atoms with Gasteiger partial charge in [0.05, 0.1) is 11.1 Å². The fourth-order valence-electron chi connectivity index (χ4n) is 3.07. The Hall–Kier alpha value is -2.24. The minimum absolute atomic E-state index is 0.132. The predicted molar refractivity (Wildman–Crippen MR) is 102 cm³/mol. The Balaban J connectivity index is 2.35. The zero-order valence-corrected chi connectivity index (χ0v) is 16.5. The molecular formula is C21H27F3N2O. The number of carbonyl (C=O) groups is 1. The highest BCUT2D eigenvalue weighted by Gasteiger charge is 2.31. The molecule has 0 bridgehead atoms. The molecule has 6 heteroatoms. The SMILES string of the molecule is CCCCn1c(C(C)(C)C)cc(C(=O)Nc2cccc(C(F)(F)F)c2)c1C. The smallest absolute Gasteiger partial charge is 0.348 e. The van der Waals surface area contributed by atoms with Gasteiger partial charge in [0.2, 0.25) is 0 Å². The van der Waals surface area contributed by atoms with Crippen molar-refractivity contribution in [2.45, 2.75) is 65.6 Å². The first-order valence-corrected chi connectivity index (χ1v) is 9.14. The van der Waals surface area contributed by atoms with Gasteiger partial charge in [-0.15, -0.1) is 0 Å². The summed E-state index contributed by atoms with van der Waals surface area (Å²) in [5.74, 6) is -0.396. The van der Waals surface area contributed by atoms with Gasteiger partial charge in [-0.25, -0.2) is 0 Å². The molecule has 148 valence electrons. The fraction of sp³-hybridized carbons (Fsp3) is 0.476. The Morgan fingerprint density at radius 2 is 1.81 bits per heavy atom. The van der Waals surface area contributed by atoms with E-state index in [1.165, 1.54) is 12.1 Å². The molecule has 27 heavy (non-hydrogen) atoms. The van der Waals surface area contributed by atoms with Crippen LogP contribution in [0.2, 0.25) is 0 Å². The number of unbranched alkanes of at least 4 members (excludes halogenated alkanes) is 1. The fourth-order valence-corrected chi connectivity index (χ4v) is 3.07. The highest BCUT2D eigenvalue weighted by atomic mass is 19.4. The van der Waals surface area contributed by atoms with Crippen LogP contribution >= 0.6 is 0 Å². The van der Waals surface area contributed by atoms with Crippen molar-refractivity contribution in [2.75, 3.05) is 5.32 Å². The minimum atomic E-state index is -4.44. The van der Waals surface area contributed by atoms with Gasteiger partial charge in [-0.05, 0) is 37.6 Å². The van der Waals surface area contributed by atoms with E-state index in [2.05, 4.69) is 37.6 Å². The van der Waals surface area contributed by atoms with E-state index in [4.69, 9.17) is 0 Å². The van der Waals surface area contributed by atoms with Crippen LogP contribution in [0.4, 0.5) is 18.9 Å². The van der Waals surface area contributed by atoms with Crippen LogP contribution in [0.3, 0.4) is 0 Å². The number of amides is 1. The molecule has 2 aromatic rings. The predicted octanol–water partition coefficient (Wildman–Crippen LogP) is 6.17. The second-order valence-corrected chi connectivity index (χ2v) is 7.82. The van der Waals surface area contributed by atoms with Crippen molar-refractivity contribution in [1.82, 2.24) is 4.57 Å². The molecule has 0 atom stereocenters. The summed E-state index contributed by atoms with van der Waals surface area (Å²) in [6, 6.07) is 6.54. The lowest BCUT2D eigenvalue weighted by Crippen LogP contribution is -2.18. The third-order valence-corrected chi connectivity index (χ3v) is 4.56. The number of rotatable bonds is 5. The summed E-state index contributed by atoms with van der Waals surface area (Å²) in [4.78, 5) is 12.8. The van der Waals surface area contributed by atoms with Crippen molar-refractivity contribution in [1.29, 1.82) is 0 Å². The molecule has 0 saturated carbocycles. The molecule has 1 N–H and O–H groups in total. The zero-order chi connectivity index (χ0) is 20.4. The normalized spacial score (nSPS) is 12.3. The summed E-state index contributed by atoms with van der Waals surface area (Å²) in [6.45, 7) is 11.0. The average Bonchev–Trinajstić information content (AvgIpc) is 2.89. The molecule has 1 aromatic carbocycles. The van der Waals surface area contributed by atoms with Crippen molar-refractivity contribution >= 4 is 11.6 Å². The van der Waals surface area contributed by atoms with E-state index in [1.807, 2.05) is 13.0 Å². The summed E-state index contributed by atoms with van der Waals surface area (Å²) >= 11 is 0. The molecule has 0 unspecified atom stereocenters. The average molecular weight is 380 g/mol. The van der Waals surface area contributed by atoms with Gasteiger partial charge in [0, 0.05) is 29.0 Å². The lowest BCUT2D eigenvalue weighted by atomic mass is 9.91. The molecule has 0 radical (unpaired) electrons. The number of alkyl halides is 3. The number of anilines is 1. The number of nitrogens with one attached hydrogen (secondary N) is 1. The van der Waals surface area contributed by atoms with E-state index >= 15 is 0 Å². The Morgan fingerprint density at radius 1 is 1.15 bits per heavy atom. The molecule has 0 aliphatic rings. The molecule has 0 aliphatic heterocycles. The molecule has 2 rings (SSSR count). The lowest BCUT2D eigenvalue weighted by Gasteiger charge is -2.22. The monoisotopic (exact) mass is 380 g/mol. The molecule has 1 heterocycles. The van der Waals surface area contributed by atoms with Gasteiger partial charge in [-0.1, -0.05) is 40.2 Å². The number of hydrogen-bond donors (Lipinski definition) is 1. The summed E-state index contributed by atoms with van der Waals surface area (Å²) in [5, 5.41) is 2.61. The highest BCUT2D eigenvalue weighted by Crippen LogP contribution is 2.31. The van der Waals surface area contributed by atoms with Crippen LogP contribution in [-0.2, 0) is 18.1 Å². The van der Waals surface area contributed by atoms with Gasteiger partial charge >= 0.3 is 6.18 Å². The second kappa shape index (κ2) is 7.79. The summed E-state index contributed by atoms with van der Waals surface area (Å²) in [7, 11) is 0. The highest BCUT2D eigenvalue weighted by molar-refractivity contribution is 6.05. The number of aromatic nitrogens is 1. The molecule has 0 saturated heterocycles. The standard InChI is InChI=1S/C21H27F3N2O/c1-6-7-11-26-14(2)17(13-18(26)20(3,4)5)19(27)25-16-10-8-9-15(12-16)21(22,23)24/h8-10,12-13H,6-7,11H2,1-5H3,(H,25,27). The molecule has 1 amide bonds. The number of halogens is 3. The van der Waals surface area contributed by atoms with Crippen molar-refractivity contribution in [3.63, 3.8) is 0 Å². The van der Waals surface area contributed by atoms with Crippen molar-refractivity contribution in [2.24, 2.45) is 0 Å². The van der Waals surface area contributed by atoms with Gasteiger partial charge in [0.25, 0.3) is 5.91 Å². The van der Waals surface area contributed by atoms with Crippen LogP contribution in [0.25, 0.3) is 0 Å².